The van der Waals surface area contributed by atoms with Crippen LogP contribution >= 0.6 is 0 Å². The van der Waals surface area contributed by atoms with Gasteiger partial charge >= 0.3 is 11.9 Å². The van der Waals surface area contributed by atoms with Gasteiger partial charge in [0.05, 0.1) is 11.8 Å². The predicted molar refractivity (Wildman–Crippen MR) is 68.7 cm³/mol. The Bertz CT molecular complexity index is 474. The number of benzene rings is 1. The van der Waals surface area contributed by atoms with Crippen molar-refractivity contribution in [3.05, 3.63) is 35.9 Å². The molecule has 1 fully saturated rings. The van der Waals surface area contributed by atoms with Crippen LogP contribution in [0.2, 0.25) is 0 Å². The molecule has 0 saturated carbocycles. The summed E-state index contributed by atoms with van der Waals surface area (Å²) >= 11 is 0. The molecular weight excluding hydrogens is 246 g/mol. The molecule has 1 aromatic rings. The van der Waals surface area contributed by atoms with E-state index >= 15 is 0 Å². The van der Waals surface area contributed by atoms with Gasteiger partial charge in [0.2, 0.25) is 0 Å². The van der Waals surface area contributed by atoms with Crippen LogP contribution in [0.3, 0.4) is 0 Å². The summed E-state index contributed by atoms with van der Waals surface area (Å²) in [4.78, 5) is 24.2. The third-order valence-corrected chi connectivity index (χ3v) is 3.63. The van der Waals surface area contributed by atoms with Crippen molar-refractivity contribution >= 4 is 11.9 Å². The smallest absolute Gasteiger partial charge is 0.311 e. The summed E-state index contributed by atoms with van der Waals surface area (Å²) in [6, 6.07) is 9.77. The van der Waals surface area contributed by atoms with Crippen LogP contribution in [0.5, 0.6) is 0 Å². The zero-order valence-electron chi connectivity index (χ0n) is 10.6. The minimum absolute atomic E-state index is 0.295. The molecular formula is C14H17NO4. The van der Waals surface area contributed by atoms with E-state index < -0.39 is 17.4 Å². The Morgan fingerprint density at radius 3 is 2.47 bits per heavy atom. The van der Waals surface area contributed by atoms with Crippen molar-refractivity contribution in [3.63, 3.8) is 0 Å². The minimum atomic E-state index is -1.14. The summed E-state index contributed by atoms with van der Waals surface area (Å²) in [6.45, 7) is 1.58. The van der Waals surface area contributed by atoms with Crippen molar-refractivity contribution in [2.75, 3.05) is 13.1 Å². The van der Waals surface area contributed by atoms with Gasteiger partial charge < -0.3 is 10.2 Å². The molecule has 5 heteroatoms. The number of likely N-dealkylation sites (tertiary alicyclic amines) is 1. The maximum Gasteiger partial charge on any atom is 0.311 e. The highest BCUT2D eigenvalue weighted by Gasteiger charge is 2.46. The highest BCUT2D eigenvalue weighted by Crippen LogP contribution is 2.35. The third kappa shape index (κ3) is 3.12. The lowest BCUT2D eigenvalue weighted by Crippen LogP contribution is -2.36. The molecule has 5 nitrogen and oxygen atoms in total. The summed E-state index contributed by atoms with van der Waals surface area (Å²) in [5, 5.41) is 18.2. The average Bonchev–Trinajstić information content (AvgIpc) is 2.74. The lowest BCUT2D eigenvalue weighted by atomic mass is 9.84. The average molecular weight is 263 g/mol. The first-order valence-corrected chi connectivity index (χ1v) is 6.23. The van der Waals surface area contributed by atoms with Gasteiger partial charge in [-0.3, -0.25) is 14.5 Å². The second-order valence-corrected chi connectivity index (χ2v) is 5.10. The maximum absolute atomic E-state index is 11.4. The number of carboxylic acids is 2. The fourth-order valence-electron chi connectivity index (χ4n) is 2.62. The van der Waals surface area contributed by atoms with E-state index in [-0.39, 0.29) is 6.42 Å². The van der Waals surface area contributed by atoms with E-state index in [1.165, 1.54) is 0 Å². The van der Waals surface area contributed by atoms with Crippen molar-refractivity contribution in [2.24, 2.45) is 5.41 Å². The molecule has 2 N–H and O–H groups in total. The predicted octanol–water partition coefficient (Wildman–Crippen LogP) is 1.44. The molecule has 2 rings (SSSR count). The quantitative estimate of drug-likeness (QED) is 0.840. The summed E-state index contributed by atoms with van der Waals surface area (Å²) in [5.74, 6) is -2.06. The Morgan fingerprint density at radius 1 is 1.21 bits per heavy atom. The van der Waals surface area contributed by atoms with E-state index in [1.807, 2.05) is 35.2 Å². The molecule has 1 atom stereocenters. The summed E-state index contributed by atoms with van der Waals surface area (Å²) in [7, 11) is 0. The molecule has 1 saturated heterocycles. The van der Waals surface area contributed by atoms with Gasteiger partial charge in [0.1, 0.15) is 0 Å². The van der Waals surface area contributed by atoms with Gasteiger partial charge in [-0.2, -0.15) is 0 Å². The first-order valence-electron chi connectivity index (χ1n) is 6.23. The molecule has 0 spiro atoms. The molecule has 0 aliphatic carbocycles. The zero-order valence-corrected chi connectivity index (χ0v) is 10.6. The summed E-state index contributed by atoms with van der Waals surface area (Å²) in [6.07, 6.45) is 0.0785. The fraction of sp³-hybridized carbons (Fsp3) is 0.429. The topological polar surface area (TPSA) is 77.8 Å². The molecule has 0 radical (unpaired) electrons. The summed E-state index contributed by atoms with van der Waals surface area (Å²) < 4.78 is 0. The normalized spacial score (nSPS) is 23.4. The monoisotopic (exact) mass is 263 g/mol. The van der Waals surface area contributed by atoms with Crippen LogP contribution < -0.4 is 0 Å². The third-order valence-electron chi connectivity index (χ3n) is 3.63. The molecule has 0 amide bonds. The van der Waals surface area contributed by atoms with Crippen molar-refractivity contribution in [2.45, 2.75) is 19.4 Å². The van der Waals surface area contributed by atoms with Crippen molar-refractivity contribution in [3.8, 4) is 0 Å². The number of carboxylic acid groups (broad SMARTS) is 2. The van der Waals surface area contributed by atoms with E-state index in [1.54, 1.807) is 0 Å². The van der Waals surface area contributed by atoms with Crippen molar-refractivity contribution < 1.29 is 19.8 Å². The Hall–Kier alpha value is -1.88. The van der Waals surface area contributed by atoms with E-state index in [0.717, 1.165) is 5.56 Å². The number of hydrogen-bond donors (Lipinski definition) is 2. The Balaban J connectivity index is 2.05. The van der Waals surface area contributed by atoms with Crippen LogP contribution in [0, 0.1) is 5.41 Å². The van der Waals surface area contributed by atoms with Crippen LogP contribution in [-0.2, 0) is 16.1 Å². The van der Waals surface area contributed by atoms with Crippen molar-refractivity contribution in [1.29, 1.82) is 0 Å². The van der Waals surface area contributed by atoms with Gasteiger partial charge in [-0.1, -0.05) is 30.3 Å². The lowest BCUT2D eigenvalue weighted by molar-refractivity contribution is -0.155. The SMILES string of the molecule is O=C(O)C[C@@]1(C(=O)O)CCN(Cc2ccccc2)C1. The van der Waals surface area contributed by atoms with Gasteiger partial charge in [0.25, 0.3) is 0 Å². The van der Waals surface area contributed by atoms with Gasteiger partial charge in [-0.25, -0.2) is 0 Å². The second kappa shape index (κ2) is 5.40. The highest BCUT2D eigenvalue weighted by atomic mass is 16.4. The van der Waals surface area contributed by atoms with Gasteiger partial charge in [0.15, 0.2) is 0 Å². The zero-order chi connectivity index (χ0) is 13.9. The largest absolute Gasteiger partial charge is 0.481 e. The fourth-order valence-corrected chi connectivity index (χ4v) is 2.62. The van der Waals surface area contributed by atoms with Gasteiger partial charge in [0, 0.05) is 13.1 Å². The second-order valence-electron chi connectivity index (χ2n) is 5.10. The number of nitrogens with zero attached hydrogens (tertiary/aromatic N) is 1. The Kier molecular flexibility index (Phi) is 3.85. The van der Waals surface area contributed by atoms with Crippen molar-refractivity contribution in [1.82, 2.24) is 4.90 Å². The standard InChI is InChI=1S/C14H17NO4/c16-12(17)8-14(13(18)19)6-7-15(10-14)9-11-4-2-1-3-5-11/h1-5H,6-10H2,(H,16,17)(H,18,19)/t14-/m0/s1. The van der Waals surface area contributed by atoms with Crippen LogP contribution in [0.4, 0.5) is 0 Å². The number of hydrogen-bond acceptors (Lipinski definition) is 3. The van der Waals surface area contributed by atoms with Crippen LogP contribution in [0.1, 0.15) is 18.4 Å². The lowest BCUT2D eigenvalue weighted by Gasteiger charge is -2.23. The molecule has 0 bridgehead atoms. The first kappa shape index (κ1) is 13.5. The van der Waals surface area contributed by atoms with E-state index in [4.69, 9.17) is 5.11 Å². The first-order chi connectivity index (χ1) is 9.02. The molecule has 19 heavy (non-hydrogen) atoms. The highest BCUT2D eigenvalue weighted by molar-refractivity contribution is 5.82. The number of rotatable bonds is 5. The van der Waals surface area contributed by atoms with E-state index in [2.05, 4.69) is 0 Å². The molecule has 0 unspecified atom stereocenters. The van der Waals surface area contributed by atoms with E-state index in [9.17, 15) is 14.7 Å². The molecule has 1 aromatic carbocycles. The Morgan fingerprint density at radius 2 is 1.89 bits per heavy atom. The molecule has 1 aliphatic heterocycles. The molecule has 1 heterocycles. The minimum Gasteiger partial charge on any atom is -0.481 e. The van der Waals surface area contributed by atoms with Gasteiger partial charge in [-0.15, -0.1) is 0 Å². The molecule has 102 valence electrons. The molecule has 1 aliphatic rings. The number of aliphatic carboxylic acids is 2. The van der Waals surface area contributed by atoms with Crippen LogP contribution in [0.25, 0.3) is 0 Å². The van der Waals surface area contributed by atoms with Crippen LogP contribution in [0.15, 0.2) is 30.3 Å². The van der Waals surface area contributed by atoms with Gasteiger partial charge in [-0.05, 0) is 18.5 Å². The molecule has 0 aromatic heterocycles. The number of carbonyl (C=O) groups is 2. The summed E-state index contributed by atoms with van der Waals surface area (Å²) in [5.41, 5.74) is -0.0281. The Labute approximate surface area is 111 Å². The van der Waals surface area contributed by atoms with E-state index in [0.29, 0.717) is 26.1 Å². The van der Waals surface area contributed by atoms with Crippen LogP contribution in [-0.4, -0.2) is 40.1 Å². The maximum atomic E-state index is 11.4.